The molecule has 1 heterocycles. The van der Waals surface area contributed by atoms with Crippen molar-refractivity contribution < 1.29 is 4.74 Å². The highest BCUT2D eigenvalue weighted by Crippen LogP contribution is 2.39. The number of hydrogen-bond donors (Lipinski definition) is 1. The summed E-state index contributed by atoms with van der Waals surface area (Å²) in [5.74, 6) is 3.29. The normalized spacial score (nSPS) is 14.0. The average molecular weight is 304 g/mol. The molecule has 2 aromatic rings. The van der Waals surface area contributed by atoms with Crippen LogP contribution in [0.25, 0.3) is 0 Å². The van der Waals surface area contributed by atoms with Gasteiger partial charge in [-0.1, -0.05) is 17.7 Å². The number of anilines is 1. The van der Waals surface area contributed by atoms with Crippen molar-refractivity contribution in [1.29, 1.82) is 0 Å². The second-order valence-corrected chi connectivity index (χ2v) is 5.70. The highest BCUT2D eigenvalue weighted by molar-refractivity contribution is 6.32. The van der Waals surface area contributed by atoms with Crippen molar-refractivity contribution in [1.82, 2.24) is 9.97 Å². The third kappa shape index (κ3) is 3.45. The minimum absolute atomic E-state index is 0.471. The lowest BCUT2D eigenvalue weighted by Crippen LogP contribution is -2.04. The van der Waals surface area contributed by atoms with Crippen molar-refractivity contribution in [3.8, 4) is 11.6 Å². The lowest BCUT2D eigenvalue weighted by atomic mass is 10.2. The third-order valence-corrected chi connectivity index (χ3v) is 3.63. The third-order valence-electron chi connectivity index (χ3n) is 3.32. The van der Waals surface area contributed by atoms with Gasteiger partial charge in [-0.2, -0.15) is 4.98 Å². The minimum Gasteiger partial charge on any atom is -0.437 e. The molecular formula is C16H18ClN3O. The maximum atomic E-state index is 6.18. The van der Waals surface area contributed by atoms with E-state index in [0.29, 0.717) is 22.6 Å². The van der Waals surface area contributed by atoms with E-state index in [9.17, 15) is 0 Å². The molecule has 1 aromatic carbocycles. The summed E-state index contributed by atoms with van der Waals surface area (Å²) in [5, 5.41) is 3.80. The van der Waals surface area contributed by atoms with Gasteiger partial charge in [-0.3, -0.25) is 0 Å². The Morgan fingerprint density at radius 3 is 2.81 bits per heavy atom. The molecule has 1 saturated carbocycles. The molecule has 5 heteroatoms. The first-order valence-corrected chi connectivity index (χ1v) is 7.60. The molecule has 4 nitrogen and oxygen atoms in total. The lowest BCUT2D eigenvalue weighted by Gasteiger charge is -2.11. The van der Waals surface area contributed by atoms with Gasteiger partial charge in [-0.05, 0) is 44.4 Å². The number of rotatable bonds is 5. The molecule has 110 valence electrons. The maximum absolute atomic E-state index is 6.18. The van der Waals surface area contributed by atoms with Gasteiger partial charge in [0.25, 0.3) is 0 Å². The van der Waals surface area contributed by atoms with E-state index in [1.54, 1.807) is 0 Å². The van der Waals surface area contributed by atoms with Gasteiger partial charge in [0.05, 0.1) is 5.02 Å². The van der Waals surface area contributed by atoms with Crippen molar-refractivity contribution in [3.05, 3.63) is 40.7 Å². The summed E-state index contributed by atoms with van der Waals surface area (Å²) >= 11 is 6.18. The van der Waals surface area contributed by atoms with Gasteiger partial charge in [0, 0.05) is 18.5 Å². The Labute approximate surface area is 129 Å². The molecule has 1 aliphatic rings. The molecule has 0 radical (unpaired) electrons. The van der Waals surface area contributed by atoms with Crippen LogP contribution in [0.2, 0.25) is 5.02 Å². The van der Waals surface area contributed by atoms with E-state index in [4.69, 9.17) is 16.3 Å². The first-order valence-electron chi connectivity index (χ1n) is 7.22. The van der Waals surface area contributed by atoms with Crippen LogP contribution in [0.4, 0.5) is 5.82 Å². The van der Waals surface area contributed by atoms with Crippen molar-refractivity contribution >= 4 is 17.4 Å². The maximum Gasteiger partial charge on any atom is 0.224 e. The molecule has 0 saturated heterocycles. The molecule has 3 rings (SSSR count). The van der Waals surface area contributed by atoms with E-state index in [2.05, 4.69) is 15.3 Å². The molecule has 0 atom stereocenters. The molecule has 1 aromatic heterocycles. The zero-order valence-electron chi connectivity index (χ0n) is 12.2. The van der Waals surface area contributed by atoms with Gasteiger partial charge in [0.2, 0.25) is 5.88 Å². The van der Waals surface area contributed by atoms with E-state index in [0.717, 1.165) is 36.6 Å². The second kappa shape index (κ2) is 5.90. The van der Waals surface area contributed by atoms with E-state index < -0.39 is 0 Å². The van der Waals surface area contributed by atoms with Crippen LogP contribution in [0.1, 0.15) is 37.1 Å². The Balaban J connectivity index is 1.91. The molecule has 1 N–H and O–H groups in total. The van der Waals surface area contributed by atoms with Gasteiger partial charge in [0.1, 0.15) is 17.4 Å². The highest BCUT2D eigenvalue weighted by Gasteiger charge is 2.27. The molecule has 0 aliphatic heterocycles. The van der Waals surface area contributed by atoms with E-state index >= 15 is 0 Å². The zero-order valence-corrected chi connectivity index (χ0v) is 12.9. The van der Waals surface area contributed by atoms with Gasteiger partial charge in [0.15, 0.2) is 0 Å². The summed E-state index contributed by atoms with van der Waals surface area (Å²) in [5.41, 5.74) is 1.10. The number of nitrogens with one attached hydrogen (secondary N) is 1. The first-order chi connectivity index (χ1) is 10.2. The summed E-state index contributed by atoms with van der Waals surface area (Å²) in [4.78, 5) is 9.04. The molecule has 0 spiro atoms. The molecule has 1 aliphatic carbocycles. The summed E-state index contributed by atoms with van der Waals surface area (Å²) < 4.78 is 5.87. The Morgan fingerprint density at radius 1 is 1.29 bits per heavy atom. The van der Waals surface area contributed by atoms with E-state index in [1.165, 1.54) is 0 Å². The molecule has 21 heavy (non-hydrogen) atoms. The van der Waals surface area contributed by atoms with Crippen LogP contribution in [0.15, 0.2) is 24.3 Å². The largest absolute Gasteiger partial charge is 0.437 e. The van der Waals surface area contributed by atoms with Crippen molar-refractivity contribution in [2.75, 3.05) is 11.9 Å². The Hall–Kier alpha value is -1.81. The van der Waals surface area contributed by atoms with Crippen LogP contribution in [-0.4, -0.2) is 16.5 Å². The summed E-state index contributed by atoms with van der Waals surface area (Å²) in [7, 11) is 0. The molecular weight excluding hydrogens is 286 g/mol. The summed E-state index contributed by atoms with van der Waals surface area (Å²) in [6.07, 6.45) is 2.31. The number of hydrogen-bond acceptors (Lipinski definition) is 4. The predicted molar refractivity (Wildman–Crippen MR) is 84.4 cm³/mol. The topological polar surface area (TPSA) is 47.0 Å². The van der Waals surface area contributed by atoms with E-state index in [-0.39, 0.29) is 0 Å². The van der Waals surface area contributed by atoms with Crippen molar-refractivity contribution in [2.45, 2.75) is 32.6 Å². The molecule has 1 fully saturated rings. The number of aryl methyl sites for hydroxylation is 1. The fourth-order valence-electron chi connectivity index (χ4n) is 2.09. The van der Waals surface area contributed by atoms with Crippen LogP contribution in [-0.2, 0) is 0 Å². The number of ether oxygens (including phenoxy) is 1. The quantitative estimate of drug-likeness (QED) is 0.881. The molecule has 0 amide bonds. The fraction of sp³-hybridized carbons (Fsp3) is 0.375. The summed E-state index contributed by atoms with van der Waals surface area (Å²) in [6.45, 7) is 4.85. The standard InChI is InChI=1S/C16H18ClN3O/c1-3-18-14-9-15(20-16(19-14)11-5-6-11)21-13-8-10(2)4-7-12(13)17/h4,7-9,11H,3,5-6H2,1-2H3,(H,18,19,20). The van der Waals surface area contributed by atoms with Gasteiger partial charge in [-0.25, -0.2) is 4.98 Å². The zero-order chi connectivity index (χ0) is 14.8. The summed E-state index contributed by atoms with van der Waals surface area (Å²) in [6, 6.07) is 7.51. The van der Waals surface area contributed by atoms with Crippen LogP contribution in [0.5, 0.6) is 11.6 Å². The number of benzene rings is 1. The molecule has 0 bridgehead atoms. The van der Waals surface area contributed by atoms with Crippen LogP contribution >= 0.6 is 11.6 Å². The van der Waals surface area contributed by atoms with Crippen LogP contribution < -0.4 is 10.1 Å². The van der Waals surface area contributed by atoms with Gasteiger partial charge < -0.3 is 10.1 Å². The molecule has 0 unspecified atom stereocenters. The van der Waals surface area contributed by atoms with Crippen LogP contribution in [0.3, 0.4) is 0 Å². The minimum atomic E-state index is 0.471. The number of halogens is 1. The second-order valence-electron chi connectivity index (χ2n) is 5.29. The Kier molecular flexibility index (Phi) is 3.97. The highest BCUT2D eigenvalue weighted by atomic mass is 35.5. The fourth-order valence-corrected chi connectivity index (χ4v) is 2.25. The van der Waals surface area contributed by atoms with Crippen molar-refractivity contribution in [2.24, 2.45) is 0 Å². The predicted octanol–water partition coefficient (Wildman–Crippen LogP) is 4.54. The Bertz CT molecular complexity index is 656. The van der Waals surface area contributed by atoms with Crippen LogP contribution in [0, 0.1) is 6.92 Å². The first kappa shape index (κ1) is 14.1. The lowest BCUT2D eigenvalue weighted by molar-refractivity contribution is 0.459. The Morgan fingerprint density at radius 2 is 2.10 bits per heavy atom. The van der Waals surface area contributed by atoms with Crippen molar-refractivity contribution in [3.63, 3.8) is 0 Å². The van der Waals surface area contributed by atoms with E-state index in [1.807, 2.05) is 38.1 Å². The number of nitrogens with zero attached hydrogens (tertiary/aromatic N) is 2. The number of aromatic nitrogens is 2. The smallest absolute Gasteiger partial charge is 0.224 e. The SMILES string of the molecule is CCNc1cc(Oc2cc(C)ccc2Cl)nc(C2CC2)n1. The van der Waals surface area contributed by atoms with Gasteiger partial charge in [-0.15, -0.1) is 0 Å². The monoisotopic (exact) mass is 303 g/mol. The average Bonchev–Trinajstić information content (AvgIpc) is 3.28. The van der Waals surface area contributed by atoms with Gasteiger partial charge >= 0.3 is 0 Å².